The summed E-state index contributed by atoms with van der Waals surface area (Å²) in [6.45, 7) is 8.69. The highest BCUT2D eigenvalue weighted by Crippen LogP contribution is 2.17. The fourth-order valence-corrected chi connectivity index (χ4v) is 2.28. The van der Waals surface area contributed by atoms with Crippen molar-refractivity contribution < 1.29 is 9.59 Å². The predicted octanol–water partition coefficient (Wildman–Crippen LogP) is 1.34. The Bertz CT molecular complexity index is 294. The van der Waals surface area contributed by atoms with Gasteiger partial charge in [-0.25, -0.2) is 0 Å². The van der Waals surface area contributed by atoms with E-state index in [0.717, 1.165) is 25.8 Å². The molecular formula is C13H24N2O2. The van der Waals surface area contributed by atoms with Crippen LogP contribution in [0.5, 0.6) is 0 Å². The zero-order valence-corrected chi connectivity index (χ0v) is 11.4. The standard InChI is InChI=1S/C13H24N2O2/c1-10(16)11-7-5-6-8-15(11)9-12(17)14-13(2,3)4/h11H,5-9H2,1-4H3,(H,14,17). The lowest BCUT2D eigenvalue weighted by Gasteiger charge is -2.34. The molecule has 1 rings (SSSR count). The highest BCUT2D eigenvalue weighted by atomic mass is 16.2. The van der Waals surface area contributed by atoms with Gasteiger partial charge in [-0.2, -0.15) is 0 Å². The van der Waals surface area contributed by atoms with Crippen molar-refractivity contribution in [2.24, 2.45) is 0 Å². The Morgan fingerprint density at radius 1 is 1.29 bits per heavy atom. The molecule has 1 unspecified atom stereocenters. The number of Topliss-reactive ketones (excluding diaryl/α,β-unsaturated/α-hetero) is 1. The van der Waals surface area contributed by atoms with Crippen LogP contribution in [0.15, 0.2) is 0 Å². The number of piperidine rings is 1. The van der Waals surface area contributed by atoms with Crippen LogP contribution in [0.2, 0.25) is 0 Å². The highest BCUT2D eigenvalue weighted by Gasteiger charge is 2.28. The van der Waals surface area contributed by atoms with E-state index in [2.05, 4.69) is 5.32 Å². The molecule has 0 radical (unpaired) electrons. The average Bonchev–Trinajstić information content (AvgIpc) is 2.14. The quantitative estimate of drug-likeness (QED) is 0.810. The third-order valence-corrected chi connectivity index (χ3v) is 2.94. The Morgan fingerprint density at radius 2 is 1.94 bits per heavy atom. The summed E-state index contributed by atoms with van der Waals surface area (Å²) in [4.78, 5) is 25.3. The first-order valence-electron chi connectivity index (χ1n) is 6.35. The third-order valence-electron chi connectivity index (χ3n) is 2.94. The number of amides is 1. The minimum absolute atomic E-state index is 0.00523. The number of hydrogen-bond donors (Lipinski definition) is 1. The van der Waals surface area contributed by atoms with Crippen molar-refractivity contribution in [2.75, 3.05) is 13.1 Å². The normalized spacial score (nSPS) is 22.2. The second kappa shape index (κ2) is 5.63. The molecule has 1 N–H and O–H groups in total. The summed E-state index contributed by atoms with van der Waals surface area (Å²) in [7, 11) is 0. The van der Waals surface area contributed by atoms with Crippen LogP contribution in [-0.2, 0) is 9.59 Å². The molecule has 0 spiro atoms. The van der Waals surface area contributed by atoms with Gasteiger partial charge in [0.15, 0.2) is 0 Å². The monoisotopic (exact) mass is 240 g/mol. The van der Waals surface area contributed by atoms with E-state index in [1.807, 2.05) is 25.7 Å². The van der Waals surface area contributed by atoms with Crippen LogP contribution >= 0.6 is 0 Å². The van der Waals surface area contributed by atoms with Crippen LogP contribution in [0.4, 0.5) is 0 Å². The summed E-state index contributed by atoms with van der Waals surface area (Å²) in [5.74, 6) is 0.180. The van der Waals surface area contributed by atoms with Crippen LogP contribution in [0.3, 0.4) is 0 Å². The number of nitrogens with one attached hydrogen (secondary N) is 1. The maximum Gasteiger partial charge on any atom is 0.234 e. The van der Waals surface area contributed by atoms with E-state index in [-0.39, 0.29) is 23.3 Å². The van der Waals surface area contributed by atoms with Gasteiger partial charge in [-0.3, -0.25) is 14.5 Å². The molecule has 1 aliphatic heterocycles. The van der Waals surface area contributed by atoms with Crippen molar-refractivity contribution >= 4 is 11.7 Å². The summed E-state index contributed by atoms with van der Waals surface area (Å²) in [5, 5.41) is 2.93. The molecule has 1 atom stereocenters. The van der Waals surface area contributed by atoms with Crippen molar-refractivity contribution in [1.82, 2.24) is 10.2 Å². The first-order valence-corrected chi connectivity index (χ1v) is 6.35. The van der Waals surface area contributed by atoms with E-state index in [1.165, 1.54) is 0 Å². The Morgan fingerprint density at radius 3 is 2.47 bits per heavy atom. The second-order valence-electron chi connectivity index (χ2n) is 5.89. The summed E-state index contributed by atoms with van der Waals surface area (Å²) in [6, 6.07) is -0.0607. The van der Waals surface area contributed by atoms with Gasteiger partial charge in [0.25, 0.3) is 0 Å². The largest absolute Gasteiger partial charge is 0.350 e. The molecule has 1 fully saturated rings. The van der Waals surface area contributed by atoms with Crippen LogP contribution in [0.1, 0.15) is 47.0 Å². The Hall–Kier alpha value is -0.900. The zero-order chi connectivity index (χ0) is 13.1. The van der Waals surface area contributed by atoms with Crippen molar-refractivity contribution in [2.45, 2.75) is 58.5 Å². The number of nitrogens with zero attached hydrogens (tertiary/aromatic N) is 1. The van der Waals surface area contributed by atoms with E-state index in [0.29, 0.717) is 6.54 Å². The molecule has 0 bridgehead atoms. The number of likely N-dealkylation sites (tertiary alicyclic amines) is 1. The topological polar surface area (TPSA) is 49.4 Å². The first-order chi connectivity index (χ1) is 7.79. The van der Waals surface area contributed by atoms with Crippen LogP contribution in [0, 0.1) is 0 Å². The summed E-state index contributed by atoms with van der Waals surface area (Å²) < 4.78 is 0. The molecule has 0 aromatic carbocycles. The first kappa shape index (κ1) is 14.2. The number of ketones is 1. The fourth-order valence-electron chi connectivity index (χ4n) is 2.28. The molecule has 0 aromatic rings. The van der Waals surface area contributed by atoms with Gasteiger partial charge in [-0.05, 0) is 47.1 Å². The summed E-state index contributed by atoms with van der Waals surface area (Å²) in [6.07, 6.45) is 3.05. The van der Waals surface area contributed by atoms with Crippen molar-refractivity contribution in [1.29, 1.82) is 0 Å². The van der Waals surface area contributed by atoms with E-state index in [9.17, 15) is 9.59 Å². The van der Waals surface area contributed by atoms with Gasteiger partial charge in [0, 0.05) is 5.54 Å². The van der Waals surface area contributed by atoms with Crippen LogP contribution < -0.4 is 5.32 Å². The molecule has 17 heavy (non-hydrogen) atoms. The van der Waals surface area contributed by atoms with Gasteiger partial charge in [0.2, 0.25) is 5.91 Å². The number of rotatable bonds is 3. The zero-order valence-electron chi connectivity index (χ0n) is 11.4. The lowest BCUT2D eigenvalue weighted by molar-refractivity contribution is -0.128. The lowest BCUT2D eigenvalue weighted by atomic mass is 9.99. The molecule has 0 saturated carbocycles. The van der Waals surface area contributed by atoms with Crippen LogP contribution in [0.25, 0.3) is 0 Å². The fraction of sp³-hybridized carbons (Fsp3) is 0.846. The molecule has 4 nitrogen and oxygen atoms in total. The molecule has 1 amide bonds. The summed E-state index contributed by atoms with van der Waals surface area (Å²) in [5.41, 5.74) is -0.210. The second-order valence-corrected chi connectivity index (χ2v) is 5.89. The maximum atomic E-state index is 11.8. The molecule has 0 aromatic heterocycles. The molecule has 4 heteroatoms. The number of carbonyl (C=O) groups is 2. The molecular weight excluding hydrogens is 216 g/mol. The maximum absolute atomic E-state index is 11.8. The molecule has 0 aliphatic carbocycles. The van der Waals surface area contributed by atoms with E-state index in [1.54, 1.807) is 6.92 Å². The van der Waals surface area contributed by atoms with Gasteiger partial charge in [-0.15, -0.1) is 0 Å². The highest BCUT2D eigenvalue weighted by molar-refractivity contribution is 5.83. The minimum atomic E-state index is -0.210. The summed E-state index contributed by atoms with van der Waals surface area (Å²) >= 11 is 0. The Labute approximate surface area is 104 Å². The molecule has 98 valence electrons. The minimum Gasteiger partial charge on any atom is -0.350 e. The van der Waals surface area contributed by atoms with Crippen LogP contribution in [-0.4, -0.2) is 41.3 Å². The van der Waals surface area contributed by atoms with Gasteiger partial charge in [0.1, 0.15) is 5.78 Å². The Balaban J connectivity index is 2.53. The molecule has 1 saturated heterocycles. The number of carbonyl (C=O) groups excluding carboxylic acids is 2. The van der Waals surface area contributed by atoms with Crippen molar-refractivity contribution in [3.05, 3.63) is 0 Å². The predicted molar refractivity (Wildman–Crippen MR) is 67.8 cm³/mol. The van der Waals surface area contributed by atoms with E-state index >= 15 is 0 Å². The molecule has 1 heterocycles. The van der Waals surface area contributed by atoms with E-state index in [4.69, 9.17) is 0 Å². The Kier molecular flexibility index (Phi) is 4.69. The average molecular weight is 240 g/mol. The van der Waals surface area contributed by atoms with Gasteiger partial charge in [-0.1, -0.05) is 6.42 Å². The number of hydrogen-bond acceptors (Lipinski definition) is 3. The van der Waals surface area contributed by atoms with Crippen molar-refractivity contribution in [3.63, 3.8) is 0 Å². The van der Waals surface area contributed by atoms with Gasteiger partial charge >= 0.3 is 0 Å². The van der Waals surface area contributed by atoms with Gasteiger partial charge in [0.05, 0.1) is 12.6 Å². The van der Waals surface area contributed by atoms with Crippen molar-refractivity contribution in [3.8, 4) is 0 Å². The van der Waals surface area contributed by atoms with E-state index < -0.39 is 0 Å². The third kappa shape index (κ3) is 4.86. The molecule has 1 aliphatic rings. The smallest absolute Gasteiger partial charge is 0.234 e. The SMILES string of the molecule is CC(=O)C1CCCCN1CC(=O)NC(C)(C)C. The lowest BCUT2D eigenvalue weighted by Crippen LogP contribution is -2.51. The van der Waals surface area contributed by atoms with Gasteiger partial charge < -0.3 is 5.32 Å².